The van der Waals surface area contributed by atoms with Crippen molar-refractivity contribution in [1.82, 2.24) is 9.55 Å². The Hall–Kier alpha value is -2.27. The van der Waals surface area contributed by atoms with E-state index in [0.717, 1.165) is 16.5 Å². The van der Waals surface area contributed by atoms with Gasteiger partial charge in [0.05, 0.1) is 12.1 Å². The molecule has 0 saturated heterocycles. The second kappa shape index (κ2) is 7.74. The summed E-state index contributed by atoms with van der Waals surface area (Å²) in [7, 11) is 0. The SMILES string of the molecule is CCOC(=O)c1cc2ccc(SC(C)C)cc2n1Cc1ccncc1. The van der Waals surface area contributed by atoms with E-state index in [4.69, 9.17) is 4.74 Å². The molecule has 0 aliphatic carbocycles. The van der Waals surface area contributed by atoms with Gasteiger partial charge in [0.2, 0.25) is 0 Å². The van der Waals surface area contributed by atoms with Crippen molar-refractivity contribution in [3.63, 3.8) is 0 Å². The van der Waals surface area contributed by atoms with E-state index < -0.39 is 0 Å². The lowest BCUT2D eigenvalue weighted by Crippen LogP contribution is -2.12. The van der Waals surface area contributed by atoms with E-state index in [1.54, 1.807) is 12.4 Å². The Kier molecular flexibility index (Phi) is 5.43. The molecule has 0 saturated carbocycles. The average Bonchev–Trinajstić information content (AvgIpc) is 2.94. The number of nitrogens with zero attached hydrogens (tertiary/aromatic N) is 2. The van der Waals surface area contributed by atoms with E-state index in [-0.39, 0.29) is 5.97 Å². The van der Waals surface area contributed by atoms with Crippen LogP contribution in [0.2, 0.25) is 0 Å². The van der Waals surface area contributed by atoms with Crippen molar-refractivity contribution in [3.8, 4) is 0 Å². The van der Waals surface area contributed by atoms with Crippen LogP contribution in [0.5, 0.6) is 0 Å². The Morgan fingerprint density at radius 1 is 1.20 bits per heavy atom. The van der Waals surface area contributed by atoms with Crippen molar-refractivity contribution in [1.29, 1.82) is 0 Å². The summed E-state index contributed by atoms with van der Waals surface area (Å²) in [5, 5.41) is 1.55. The van der Waals surface area contributed by atoms with Crippen LogP contribution in [0.15, 0.2) is 53.7 Å². The first-order valence-electron chi connectivity index (χ1n) is 8.44. The molecule has 0 amide bonds. The normalized spacial score (nSPS) is 11.2. The third-order valence-corrected chi connectivity index (χ3v) is 4.82. The van der Waals surface area contributed by atoms with Gasteiger partial charge >= 0.3 is 5.97 Å². The molecule has 0 N–H and O–H groups in total. The maximum absolute atomic E-state index is 12.4. The van der Waals surface area contributed by atoms with Crippen LogP contribution in [0.4, 0.5) is 0 Å². The number of ether oxygens (including phenoxy) is 1. The number of carbonyl (C=O) groups is 1. The lowest BCUT2D eigenvalue weighted by Gasteiger charge is -2.11. The number of carbonyl (C=O) groups excluding carboxylic acids is 1. The molecule has 0 bridgehead atoms. The highest BCUT2D eigenvalue weighted by atomic mass is 32.2. The molecule has 0 unspecified atom stereocenters. The Morgan fingerprint density at radius 2 is 1.96 bits per heavy atom. The fourth-order valence-corrected chi connectivity index (χ4v) is 3.67. The minimum Gasteiger partial charge on any atom is -0.461 e. The van der Waals surface area contributed by atoms with Gasteiger partial charge in [0, 0.05) is 34.5 Å². The molecule has 0 atom stereocenters. The second-order valence-electron chi connectivity index (χ2n) is 6.08. The smallest absolute Gasteiger partial charge is 0.354 e. The van der Waals surface area contributed by atoms with Crippen molar-refractivity contribution in [2.24, 2.45) is 0 Å². The first-order valence-corrected chi connectivity index (χ1v) is 9.32. The average molecular weight is 354 g/mol. The molecule has 2 aromatic heterocycles. The molecule has 0 aliphatic rings. The maximum Gasteiger partial charge on any atom is 0.354 e. The quantitative estimate of drug-likeness (QED) is 0.473. The van der Waals surface area contributed by atoms with Crippen LogP contribution in [0, 0.1) is 0 Å². The predicted molar refractivity (Wildman–Crippen MR) is 102 cm³/mol. The number of benzene rings is 1. The highest BCUT2D eigenvalue weighted by molar-refractivity contribution is 7.99. The summed E-state index contributed by atoms with van der Waals surface area (Å²) >= 11 is 1.82. The number of fused-ring (bicyclic) bond motifs is 1. The van der Waals surface area contributed by atoms with Crippen LogP contribution >= 0.6 is 11.8 Å². The van der Waals surface area contributed by atoms with Crippen molar-refractivity contribution < 1.29 is 9.53 Å². The summed E-state index contributed by atoms with van der Waals surface area (Å²) in [4.78, 5) is 17.7. The predicted octanol–water partition coefficient (Wildman–Crippen LogP) is 4.76. The maximum atomic E-state index is 12.4. The summed E-state index contributed by atoms with van der Waals surface area (Å²) in [6, 6.07) is 12.2. The summed E-state index contributed by atoms with van der Waals surface area (Å²) in [6.45, 7) is 7.15. The Balaban J connectivity index is 2.09. The van der Waals surface area contributed by atoms with Crippen LogP contribution in [0.3, 0.4) is 0 Å². The number of hydrogen-bond donors (Lipinski definition) is 0. The molecular weight excluding hydrogens is 332 g/mol. The monoisotopic (exact) mass is 354 g/mol. The van der Waals surface area contributed by atoms with Crippen molar-refractivity contribution in [2.75, 3.05) is 6.61 Å². The number of rotatable bonds is 6. The Labute approximate surface area is 152 Å². The first kappa shape index (κ1) is 17.5. The minimum absolute atomic E-state index is 0.286. The van der Waals surface area contributed by atoms with Crippen LogP contribution in [0.25, 0.3) is 10.9 Å². The Bertz CT molecular complexity index is 872. The largest absolute Gasteiger partial charge is 0.461 e. The minimum atomic E-state index is -0.286. The van der Waals surface area contributed by atoms with E-state index in [1.807, 2.05) is 41.5 Å². The lowest BCUT2D eigenvalue weighted by molar-refractivity contribution is 0.0515. The molecular formula is C20H22N2O2S. The summed E-state index contributed by atoms with van der Waals surface area (Å²) in [5.41, 5.74) is 2.73. The zero-order valence-electron chi connectivity index (χ0n) is 14.7. The third-order valence-electron chi connectivity index (χ3n) is 3.82. The fraction of sp³-hybridized carbons (Fsp3) is 0.300. The van der Waals surface area contributed by atoms with Gasteiger partial charge < -0.3 is 9.30 Å². The third kappa shape index (κ3) is 4.04. The van der Waals surface area contributed by atoms with Crippen molar-refractivity contribution >= 4 is 28.6 Å². The molecule has 0 spiro atoms. The van der Waals surface area contributed by atoms with Gasteiger partial charge in [-0.05, 0) is 42.8 Å². The highest BCUT2D eigenvalue weighted by Crippen LogP contribution is 2.29. The van der Waals surface area contributed by atoms with Gasteiger partial charge in [-0.1, -0.05) is 19.9 Å². The zero-order valence-corrected chi connectivity index (χ0v) is 15.5. The number of pyridine rings is 1. The van der Waals surface area contributed by atoms with Crippen molar-refractivity contribution in [3.05, 3.63) is 60.0 Å². The molecule has 1 aromatic carbocycles. The summed E-state index contributed by atoms with van der Waals surface area (Å²) in [5.74, 6) is -0.286. The van der Waals surface area contributed by atoms with Gasteiger partial charge in [-0.25, -0.2) is 4.79 Å². The number of aromatic nitrogens is 2. The van der Waals surface area contributed by atoms with Crippen LogP contribution in [-0.4, -0.2) is 27.4 Å². The first-order chi connectivity index (χ1) is 12.1. The summed E-state index contributed by atoms with van der Waals surface area (Å²) in [6.07, 6.45) is 3.54. The topological polar surface area (TPSA) is 44.1 Å². The highest BCUT2D eigenvalue weighted by Gasteiger charge is 2.17. The van der Waals surface area contributed by atoms with Gasteiger partial charge in [-0.15, -0.1) is 11.8 Å². The standard InChI is InChI=1S/C20H22N2O2S/c1-4-24-20(23)19-11-16-5-6-17(25-14(2)3)12-18(16)22(19)13-15-7-9-21-10-8-15/h5-12,14H,4,13H2,1-3H3. The van der Waals surface area contributed by atoms with E-state index in [9.17, 15) is 4.79 Å². The number of esters is 1. The van der Waals surface area contributed by atoms with E-state index in [1.165, 1.54) is 4.90 Å². The number of thioether (sulfide) groups is 1. The van der Waals surface area contributed by atoms with Gasteiger partial charge in [0.15, 0.2) is 0 Å². The zero-order chi connectivity index (χ0) is 17.8. The van der Waals surface area contributed by atoms with Gasteiger partial charge in [0.25, 0.3) is 0 Å². The van der Waals surface area contributed by atoms with E-state index in [2.05, 4.69) is 37.0 Å². The fourth-order valence-electron chi connectivity index (χ4n) is 2.80. The van der Waals surface area contributed by atoms with Crippen molar-refractivity contribution in [2.45, 2.75) is 37.5 Å². The summed E-state index contributed by atoms with van der Waals surface area (Å²) < 4.78 is 7.29. The molecule has 0 radical (unpaired) electrons. The van der Waals surface area contributed by atoms with E-state index >= 15 is 0 Å². The second-order valence-corrected chi connectivity index (χ2v) is 7.73. The Morgan fingerprint density at radius 3 is 2.64 bits per heavy atom. The van der Waals surface area contributed by atoms with Crippen LogP contribution in [-0.2, 0) is 11.3 Å². The van der Waals surface area contributed by atoms with Gasteiger partial charge in [-0.2, -0.15) is 0 Å². The molecule has 3 aromatic rings. The van der Waals surface area contributed by atoms with E-state index in [0.29, 0.717) is 24.1 Å². The molecule has 0 aliphatic heterocycles. The molecule has 0 fully saturated rings. The lowest BCUT2D eigenvalue weighted by atomic mass is 10.2. The molecule has 5 heteroatoms. The van der Waals surface area contributed by atoms with Crippen LogP contribution in [0.1, 0.15) is 36.8 Å². The van der Waals surface area contributed by atoms with Gasteiger partial charge in [-0.3, -0.25) is 4.98 Å². The molecule has 25 heavy (non-hydrogen) atoms. The molecule has 3 rings (SSSR count). The van der Waals surface area contributed by atoms with Crippen LogP contribution < -0.4 is 0 Å². The number of hydrogen-bond acceptors (Lipinski definition) is 4. The molecule has 4 nitrogen and oxygen atoms in total. The molecule has 2 heterocycles. The molecule has 130 valence electrons. The van der Waals surface area contributed by atoms with Gasteiger partial charge in [0.1, 0.15) is 5.69 Å².